The Morgan fingerprint density at radius 1 is 1.29 bits per heavy atom. The van der Waals surface area contributed by atoms with E-state index in [0.717, 1.165) is 5.56 Å². The molecule has 0 aliphatic heterocycles. The number of carbonyl (C=O) groups is 1. The summed E-state index contributed by atoms with van der Waals surface area (Å²) in [7, 11) is 0. The Kier molecular flexibility index (Phi) is 5.15. The molecule has 3 heterocycles. The van der Waals surface area contributed by atoms with Crippen molar-refractivity contribution in [2.45, 2.75) is 19.4 Å². The summed E-state index contributed by atoms with van der Waals surface area (Å²) < 4.78 is 1.57. The van der Waals surface area contributed by atoms with Gasteiger partial charge in [-0.25, -0.2) is 19.5 Å². The molecule has 0 atom stereocenters. The van der Waals surface area contributed by atoms with E-state index >= 15 is 0 Å². The van der Waals surface area contributed by atoms with Crippen LogP contribution in [-0.4, -0.2) is 47.7 Å². The molecule has 4 aromatic rings. The van der Waals surface area contributed by atoms with Crippen LogP contribution in [0.3, 0.4) is 0 Å². The topological polar surface area (TPSA) is 129 Å². The Bertz CT molecular complexity index is 1300. The number of fused-ring (bicyclic) bond motifs is 1. The van der Waals surface area contributed by atoms with Gasteiger partial charge in [-0.15, -0.1) is 0 Å². The molecule has 0 spiro atoms. The fourth-order valence-electron chi connectivity index (χ4n) is 3.06. The Morgan fingerprint density at radius 2 is 2.13 bits per heavy atom. The van der Waals surface area contributed by atoms with Gasteiger partial charge in [0.25, 0.3) is 5.91 Å². The van der Waals surface area contributed by atoms with E-state index in [0.29, 0.717) is 28.2 Å². The quantitative estimate of drug-likeness (QED) is 0.513. The molecule has 0 saturated heterocycles. The van der Waals surface area contributed by atoms with E-state index in [9.17, 15) is 15.2 Å². The van der Waals surface area contributed by atoms with E-state index in [1.165, 1.54) is 6.33 Å². The predicted molar refractivity (Wildman–Crippen MR) is 113 cm³/mol. The molecule has 0 unspecified atom stereocenters. The van der Waals surface area contributed by atoms with Gasteiger partial charge in [0.15, 0.2) is 5.65 Å². The molecule has 0 fully saturated rings. The molecule has 2 N–H and O–H groups in total. The second-order valence-electron chi connectivity index (χ2n) is 7.59. The fraction of sp³-hybridized carbons (Fsp3) is 0.182. The Labute approximate surface area is 178 Å². The van der Waals surface area contributed by atoms with Crippen molar-refractivity contribution in [1.82, 2.24) is 29.9 Å². The number of aliphatic hydroxyl groups is 1. The van der Waals surface area contributed by atoms with Crippen molar-refractivity contribution in [3.05, 3.63) is 66.4 Å². The van der Waals surface area contributed by atoms with Gasteiger partial charge in [-0.3, -0.25) is 4.79 Å². The molecule has 9 heteroatoms. The molecule has 154 valence electrons. The minimum atomic E-state index is -1.04. The minimum Gasteiger partial charge on any atom is -0.389 e. The number of carbonyl (C=O) groups excluding carboxylic acids is 1. The highest BCUT2D eigenvalue weighted by Crippen LogP contribution is 2.33. The maximum Gasteiger partial charge on any atom is 0.270 e. The lowest BCUT2D eigenvalue weighted by atomic mass is 10.0. The summed E-state index contributed by atoms with van der Waals surface area (Å²) >= 11 is 0. The van der Waals surface area contributed by atoms with Gasteiger partial charge >= 0.3 is 0 Å². The van der Waals surface area contributed by atoms with Crippen molar-refractivity contribution in [1.29, 1.82) is 5.26 Å². The van der Waals surface area contributed by atoms with Crippen LogP contribution in [0, 0.1) is 11.3 Å². The van der Waals surface area contributed by atoms with Crippen LogP contribution in [0.2, 0.25) is 0 Å². The van der Waals surface area contributed by atoms with E-state index in [-0.39, 0.29) is 12.2 Å². The Hall–Kier alpha value is -4.16. The molecule has 1 aromatic carbocycles. The molecule has 0 radical (unpaired) electrons. The normalized spacial score (nSPS) is 11.3. The van der Waals surface area contributed by atoms with Crippen LogP contribution >= 0.6 is 0 Å². The molecule has 0 aliphatic rings. The van der Waals surface area contributed by atoms with Crippen molar-refractivity contribution in [3.63, 3.8) is 0 Å². The lowest BCUT2D eigenvalue weighted by Crippen LogP contribution is -2.38. The summed E-state index contributed by atoms with van der Waals surface area (Å²) in [5.41, 5.74) is 2.60. The predicted octanol–water partition coefficient (Wildman–Crippen LogP) is 2.23. The molecular weight excluding hydrogens is 394 g/mol. The summed E-state index contributed by atoms with van der Waals surface area (Å²) in [6.45, 7) is 3.30. The Balaban J connectivity index is 1.87. The number of benzene rings is 1. The lowest BCUT2D eigenvalue weighted by Gasteiger charge is -2.17. The second-order valence-corrected chi connectivity index (χ2v) is 7.59. The first-order valence-electron chi connectivity index (χ1n) is 9.52. The molecule has 3 aromatic heterocycles. The SMILES string of the molecule is CC(C)(O)CNC(=O)c1ccn2nc(-c3cccc(C#N)c3)c(-c3ccncn3)c2n1. The third-order valence-corrected chi connectivity index (χ3v) is 4.50. The van der Waals surface area contributed by atoms with Crippen molar-refractivity contribution < 1.29 is 9.90 Å². The van der Waals surface area contributed by atoms with Crippen molar-refractivity contribution in [2.24, 2.45) is 0 Å². The van der Waals surface area contributed by atoms with Crippen LogP contribution in [0.15, 0.2) is 55.1 Å². The minimum absolute atomic E-state index is 0.0862. The van der Waals surface area contributed by atoms with Crippen LogP contribution in [0.1, 0.15) is 29.9 Å². The number of amides is 1. The van der Waals surface area contributed by atoms with Gasteiger partial charge in [-0.05, 0) is 38.1 Å². The summed E-state index contributed by atoms with van der Waals surface area (Å²) in [6.07, 6.45) is 4.68. The zero-order chi connectivity index (χ0) is 22.0. The summed E-state index contributed by atoms with van der Waals surface area (Å²) in [5.74, 6) is -0.410. The molecule has 0 aliphatic carbocycles. The molecule has 0 saturated carbocycles. The number of rotatable bonds is 5. The molecule has 9 nitrogen and oxygen atoms in total. The number of hydrogen-bond donors (Lipinski definition) is 2. The van der Waals surface area contributed by atoms with Crippen molar-refractivity contribution in [3.8, 4) is 28.6 Å². The number of aromatic nitrogens is 5. The number of nitrogens with one attached hydrogen (secondary N) is 1. The first kappa shape index (κ1) is 20.1. The van der Waals surface area contributed by atoms with Crippen LogP contribution in [0.4, 0.5) is 0 Å². The van der Waals surface area contributed by atoms with Gasteiger partial charge in [-0.2, -0.15) is 10.4 Å². The summed E-state index contributed by atoms with van der Waals surface area (Å²) in [5, 5.41) is 26.4. The van der Waals surface area contributed by atoms with Crippen LogP contribution in [-0.2, 0) is 0 Å². The molecule has 4 rings (SSSR count). The van der Waals surface area contributed by atoms with Crippen LogP contribution < -0.4 is 5.32 Å². The van der Waals surface area contributed by atoms with Crippen LogP contribution in [0.5, 0.6) is 0 Å². The van der Waals surface area contributed by atoms with Gasteiger partial charge in [0.1, 0.15) is 17.7 Å². The van der Waals surface area contributed by atoms with E-state index in [1.54, 1.807) is 61.1 Å². The molecular formula is C22H19N7O2. The highest BCUT2D eigenvalue weighted by molar-refractivity contribution is 5.95. The largest absolute Gasteiger partial charge is 0.389 e. The van der Waals surface area contributed by atoms with Gasteiger partial charge in [-0.1, -0.05) is 12.1 Å². The van der Waals surface area contributed by atoms with E-state index in [2.05, 4.69) is 31.4 Å². The second kappa shape index (κ2) is 7.93. The summed E-state index contributed by atoms with van der Waals surface area (Å²) in [4.78, 5) is 25.4. The maximum absolute atomic E-state index is 12.6. The van der Waals surface area contributed by atoms with Gasteiger partial charge in [0.05, 0.1) is 28.5 Å². The number of nitriles is 1. The third-order valence-electron chi connectivity index (χ3n) is 4.50. The first-order valence-corrected chi connectivity index (χ1v) is 9.52. The molecule has 0 bridgehead atoms. The average Bonchev–Trinajstić information content (AvgIpc) is 3.16. The van der Waals surface area contributed by atoms with E-state index in [1.807, 2.05) is 6.07 Å². The maximum atomic E-state index is 12.6. The van der Waals surface area contributed by atoms with Crippen molar-refractivity contribution in [2.75, 3.05) is 6.54 Å². The Morgan fingerprint density at radius 3 is 2.84 bits per heavy atom. The highest BCUT2D eigenvalue weighted by atomic mass is 16.3. The van der Waals surface area contributed by atoms with E-state index in [4.69, 9.17) is 0 Å². The molecule has 31 heavy (non-hydrogen) atoms. The van der Waals surface area contributed by atoms with Crippen LogP contribution in [0.25, 0.3) is 28.2 Å². The molecule has 1 amide bonds. The summed E-state index contributed by atoms with van der Waals surface area (Å²) in [6, 6.07) is 12.5. The monoisotopic (exact) mass is 413 g/mol. The van der Waals surface area contributed by atoms with Crippen molar-refractivity contribution >= 4 is 11.6 Å². The number of nitrogens with zero attached hydrogens (tertiary/aromatic N) is 6. The first-order chi connectivity index (χ1) is 14.9. The number of hydrogen-bond acceptors (Lipinski definition) is 7. The van der Waals surface area contributed by atoms with Gasteiger partial charge in [0, 0.05) is 24.5 Å². The third kappa shape index (κ3) is 4.24. The fourth-order valence-corrected chi connectivity index (χ4v) is 3.06. The lowest BCUT2D eigenvalue weighted by molar-refractivity contribution is 0.0692. The smallest absolute Gasteiger partial charge is 0.270 e. The van der Waals surface area contributed by atoms with Gasteiger partial charge in [0.2, 0.25) is 0 Å². The average molecular weight is 413 g/mol. The van der Waals surface area contributed by atoms with E-state index < -0.39 is 11.5 Å². The van der Waals surface area contributed by atoms with Gasteiger partial charge < -0.3 is 10.4 Å². The highest BCUT2D eigenvalue weighted by Gasteiger charge is 2.21. The standard InChI is InChI=1S/C22H19N7O2/c1-22(2,31)12-25-21(30)17-7-9-29-20(27-17)18(16-6-8-24-13-26-16)19(28-29)15-5-3-4-14(10-15)11-23/h3-10,13,31H,12H2,1-2H3,(H,25,30). The zero-order valence-electron chi connectivity index (χ0n) is 16.9. The zero-order valence-corrected chi connectivity index (χ0v) is 16.9.